The van der Waals surface area contributed by atoms with Gasteiger partial charge in [0.15, 0.2) is 25.2 Å². The van der Waals surface area contributed by atoms with Gasteiger partial charge in [0.05, 0.1) is 32.5 Å². The Morgan fingerprint density at radius 3 is 1.40 bits per heavy atom. The second-order valence-electron chi connectivity index (χ2n) is 11.2. The first kappa shape index (κ1) is 37.0. The number of hydrogen-bond donors (Lipinski definition) is 14. The maximum absolute atomic E-state index is 11.1. The molecule has 0 spiro atoms. The Kier molecular flexibility index (Phi) is 12.8. The van der Waals surface area contributed by atoms with Gasteiger partial charge >= 0.3 is 0 Å². The lowest BCUT2D eigenvalue weighted by atomic mass is 9.95. The number of aliphatic hydroxyl groups is 13. The summed E-state index contributed by atoms with van der Waals surface area (Å²) in [6.45, 7) is -3.36. The molecule has 20 atom stereocenters. The van der Waals surface area contributed by atoms with E-state index in [9.17, 15) is 66.4 Å². The zero-order valence-corrected chi connectivity index (χ0v) is 23.6. The number of aliphatic hydroxyl groups excluding tert-OH is 13. The molecule has 0 bridgehead atoms. The van der Waals surface area contributed by atoms with Gasteiger partial charge in [-0.1, -0.05) is 0 Å². The topological polar surface area (TPSA) is 354 Å². The Morgan fingerprint density at radius 2 is 0.956 bits per heavy atom. The van der Waals surface area contributed by atoms with Crippen LogP contribution >= 0.6 is 0 Å². The van der Waals surface area contributed by atoms with E-state index in [0.717, 1.165) is 0 Å². The summed E-state index contributed by atoms with van der Waals surface area (Å²) in [4.78, 5) is 0. The first-order chi connectivity index (χ1) is 21.3. The zero-order valence-electron chi connectivity index (χ0n) is 23.6. The second-order valence-corrected chi connectivity index (χ2v) is 11.2. The smallest absolute Gasteiger partial charge is 0.187 e. The van der Waals surface area contributed by atoms with Crippen LogP contribution in [0.4, 0.5) is 0 Å². The van der Waals surface area contributed by atoms with Crippen molar-refractivity contribution in [3.63, 3.8) is 0 Å². The van der Waals surface area contributed by atoms with Crippen LogP contribution in [-0.4, -0.2) is 216 Å². The minimum atomic E-state index is -2.02. The van der Waals surface area contributed by atoms with Gasteiger partial charge in [0.25, 0.3) is 0 Å². The molecule has 0 radical (unpaired) electrons. The molecule has 4 fully saturated rings. The average Bonchev–Trinajstić information content (AvgIpc) is 3.31. The summed E-state index contributed by atoms with van der Waals surface area (Å²) in [6, 6.07) is -1.40. The van der Waals surface area contributed by atoms with Crippen LogP contribution in [0.3, 0.4) is 0 Å². The first-order valence-electron chi connectivity index (χ1n) is 14.2. The monoisotopic (exact) mass is 665 g/mol. The van der Waals surface area contributed by atoms with Crippen molar-refractivity contribution in [1.82, 2.24) is 0 Å². The van der Waals surface area contributed by atoms with Gasteiger partial charge in [-0.2, -0.15) is 0 Å². The summed E-state index contributed by atoms with van der Waals surface area (Å²) < 4.78 is 38.0. The Morgan fingerprint density at radius 1 is 0.511 bits per heavy atom. The SMILES string of the molecule is N[C@@H]1[C@@H](O)[C@H](O[C@H]2O[C@H](CO)[C@@H](O)[C@H](O[C@H]3O[C@H](CO)[C@@H](O)[C@H](O[C@@H]4O[C@@H]([C@H](O)CO)[C@H](O)[C@H]4O)[C@@H]3O)[C@@H]2O)[C@@H](CO)O[C@H]1O. The molecule has 0 amide bonds. The van der Waals surface area contributed by atoms with Crippen LogP contribution in [0.15, 0.2) is 0 Å². The van der Waals surface area contributed by atoms with Crippen molar-refractivity contribution in [3.8, 4) is 0 Å². The number of nitrogens with two attached hydrogens (primary N) is 1. The number of rotatable bonds is 11. The van der Waals surface area contributed by atoms with E-state index in [1.165, 1.54) is 0 Å². The highest BCUT2D eigenvalue weighted by molar-refractivity contribution is 4.98. The van der Waals surface area contributed by atoms with Crippen molar-refractivity contribution in [3.05, 3.63) is 0 Å². The molecule has 0 unspecified atom stereocenters. The van der Waals surface area contributed by atoms with Crippen LogP contribution in [-0.2, 0) is 33.2 Å². The predicted molar refractivity (Wildman–Crippen MR) is 136 cm³/mol. The van der Waals surface area contributed by atoms with Crippen LogP contribution in [0.25, 0.3) is 0 Å². The molecular weight excluding hydrogens is 622 g/mol. The molecule has 264 valence electrons. The van der Waals surface area contributed by atoms with Gasteiger partial charge in [-0.05, 0) is 0 Å². The molecule has 0 aromatic rings. The maximum atomic E-state index is 11.1. The molecular formula is C24H43NO20. The Balaban J connectivity index is 1.52. The summed E-state index contributed by atoms with van der Waals surface area (Å²) in [6.07, 6.45) is -32.7. The van der Waals surface area contributed by atoms with E-state index in [4.69, 9.17) is 38.9 Å². The van der Waals surface area contributed by atoms with Crippen LogP contribution in [0, 0.1) is 0 Å². The van der Waals surface area contributed by atoms with E-state index >= 15 is 0 Å². The van der Waals surface area contributed by atoms with Crippen LogP contribution in [0.5, 0.6) is 0 Å². The van der Waals surface area contributed by atoms with Crippen molar-refractivity contribution in [2.24, 2.45) is 5.73 Å². The standard InChI is InChI=1S/C24H43NO20/c25-9-12(33)18(8(4-29)39-21(9)38)43-23-15(36)20(11(32)6(2-27)40-23)45-24-16(37)19(10(31)7(3-28)41-24)44-22-14(35)13(34)17(42-22)5(30)1-26/h5-24,26-38H,1-4,25H2/t5-,6-,7-,8-,9-,10-,11-,12-,13-,14-,15+,16+,17+,18-,19+,20+,21-,22+,23-,24-/m1/s1. The van der Waals surface area contributed by atoms with Crippen LogP contribution < -0.4 is 5.73 Å². The summed E-state index contributed by atoms with van der Waals surface area (Å²) in [5.74, 6) is 0. The molecule has 15 N–H and O–H groups in total. The molecule has 0 saturated carbocycles. The zero-order chi connectivity index (χ0) is 33.3. The quantitative estimate of drug-likeness (QED) is 0.0973. The van der Waals surface area contributed by atoms with Crippen LogP contribution in [0.2, 0.25) is 0 Å². The lowest BCUT2D eigenvalue weighted by Gasteiger charge is -2.48. The van der Waals surface area contributed by atoms with Gasteiger partial charge in [-0.15, -0.1) is 0 Å². The lowest BCUT2D eigenvalue weighted by molar-refractivity contribution is -0.380. The third kappa shape index (κ3) is 7.44. The molecule has 4 aliphatic heterocycles. The highest BCUT2D eigenvalue weighted by atomic mass is 16.8. The third-order valence-electron chi connectivity index (χ3n) is 8.26. The van der Waals surface area contributed by atoms with Crippen molar-refractivity contribution in [2.75, 3.05) is 26.4 Å². The molecule has 21 nitrogen and oxygen atoms in total. The van der Waals surface area contributed by atoms with Gasteiger partial charge in [-0.3, -0.25) is 0 Å². The molecule has 0 aromatic carbocycles. The van der Waals surface area contributed by atoms with Gasteiger partial charge in [-0.25, -0.2) is 0 Å². The normalized spacial score (nSPS) is 51.7. The molecule has 4 saturated heterocycles. The molecule has 45 heavy (non-hydrogen) atoms. The molecule has 4 rings (SSSR count). The third-order valence-corrected chi connectivity index (χ3v) is 8.26. The minimum absolute atomic E-state index is 0.773. The van der Waals surface area contributed by atoms with E-state index < -0.39 is 149 Å². The molecule has 21 heteroatoms. The fourth-order valence-corrected chi connectivity index (χ4v) is 5.59. The molecule has 4 aliphatic rings. The highest BCUT2D eigenvalue weighted by Gasteiger charge is 2.55. The second kappa shape index (κ2) is 15.6. The van der Waals surface area contributed by atoms with Gasteiger partial charge in [0.2, 0.25) is 0 Å². The van der Waals surface area contributed by atoms with Crippen molar-refractivity contribution in [1.29, 1.82) is 0 Å². The van der Waals surface area contributed by atoms with Crippen molar-refractivity contribution < 1.29 is 99.5 Å². The predicted octanol–water partition coefficient (Wildman–Crippen LogP) is -9.78. The van der Waals surface area contributed by atoms with E-state index in [1.807, 2.05) is 0 Å². The summed E-state index contributed by atoms with van der Waals surface area (Å²) >= 11 is 0. The Labute approximate surface area is 255 Å². The van der Waals surface area contributed by atoms with Crippen molar-refractivity contribution in [2.45, 2.75) is 123 Å². The highest BCUT2D eigenvalue weighted by Crippen LogP contribution is 2.34. The van der Waals surface area contributed by atoms with E-state index in [-0.39, 0.29) is 0 Å². The van der Waals surface area contributed by atoms with E-state index in [2.05, 4.69) is 0 Å². The summed E-state index contributed by atoms with van der Waals surface area (Å²) in [5, 5.41) is 133. The Bertz CT molecular complexity index is 922. The van der Waals surface area contributed by atoms with Gasteiger partial charge < -0.3 is 105 Å². The van der Waals surface area contributed by atoms with E-state index in [1.54, 1.807) is 0 Å². The Hall–Kier alpha value is -0.840. The summed E-state index contributed by atoms with van der Waals surface area (Å²) in [7, 11) is 0. The summed E-state index contributed by atoms with van der Waals surface area (Å²) in [5.41, 5.74) is 5.71. The van der Waals surface area contributed by atoms with Crippen molar-refractivity contribution >= 4 is 0 Å². The number of ether oxygens (including phenoxy) is 7. The maximum Gasteiger partial charge on any atom is 0.187 e. The molecule has 0 aromatic heterocycles. The van der Waals surface area contributed by atoms with Crippen LogP contribution in [0.1, 0.15) is 0 Å². The molecule has 0 aliphatic carbocycles. The fourth-order valence-electron chi connectivity index (χ4n) is 5.59. The largest absolute Gasteiger partial charge is 0.394 e. The van der Waals surface area contributed by atoms with E-state index in [0.29, 0.717) is 0 Å². The average molecular weight is 666 g/mol. The lowest BCUT2D eigenvalue weighted by Crippen LogP contribution is -2.67. The van der Waals surface area contributed by atoms with Gasteiger partial charge in [0.1, 0.15) is 91.6 Å². The fraction of sp³-hybridized carbons (Fsp3) is 1.00. The minimum Gasteiger partial charge on any atom is -0.394 e. The molecule has 4 heterocycles. The number of hydrogen-bond acceptors (Lipinski definition) is 21. The first-order valence-corrected chi connectivity index (χ1v) is 14.2. The van der Waals surface area contributed by atoms with Gasteiger partial charge in [0, 0.05) is 0 Å².